The molecule has 35 heavy (non-hydrogen) atoms. The van der Waals surface area contributed by atoms with Gasteiger partial charge in [0.1, 0.15) is 10.7 Å². The molecule has 1 fully saturated rings. The summed E-state index contributed by atoms with van der Waals surface area (Å²) < 4.78 is 0. The lowest BCUT2D eigenvalue weighted by molar-refractivity contribution is -0.131. The standard InChI is InChI=1S/C27H33ClN4O2S/c1-27(2,3)17-4-9-20-21(16-17)35-26-24(20)25(34)29-22(30-26)10-11-23(33)32-14-12-31(13-15-32)19-7-5-18(28)6-8-19/h5-8,17H,4,9-16H2,1-3H3,(H,29,30,34)/t17-/m1/s1. The summed E-state index contributed by atoms with van der Waals surface area (Å²) in [5, 5.41) is 1.50. The molecule has 1 N–H and O–H groups in total. The number of carbonyl (C=O) groups is 1. The number of halogens is 1. The molecule has 1 atom stereocenters. The van der Waals surface area contributed by atoms with E-state index in [4.69, 9.17) is 16.6 Å². The van der Waals surface area contributed by atoms with E-state index >= 15 is 0 Å². The summed E-state index contributed by atoms with van der Waals surface area (Å²) in [7, 11) is 0. The Morgan fingerprint density at radius 2 is 1.89 bits per heavy atom. The number of benzene rings is 1. The van der Waals surface area contributed by atoms with Crippen LogP contribution in [0.5, 0.6) is 0 Å². The first-order valence-electron chi connectivity index (χ1n) is 12.5. The van der Waals surface area contributed by atoms with Crippen LogP contribution in [0.25, 0.3) is 10.2 Å². The van der Waals surface area contributed by atoms with Crippen molar-refractivity contribution in [3.05, 3.63) is 55.9 Å². The largest absolute Gasteiger partial charge is 0.368 e. The fraction of sp³-hybridized carbons (Fsp3) is 0.519. The van der Waals surface area contributed by atoms with Crippen LogP contribution in [0.3, 0.4) is 0 Å². The second-order valence-electron chi connectivity index (χ2n) is 10.8. The first-order chi connectivity index (χ1) is 16.7. The molecule has 1 aromatic carbocycles. The molecule has 6 nitrogen and oxygen atoms in total. The Morgan fingerprint density at radius 1 is 1.17 bits per heavy atom. The van der Waals surface area contributed by atoms with E-state index in [9.17, 15) is 9.59 Å². The molecule has 0 radical (unpaired) electrons. The van der Waals surface area contributed by atoms with Crippen molar-refractivity contribution in [3.63, 3.8) is 0 Å². The van der Waals surface area contributed by atoms with Gasteiger partial charge in [0.2, 0.25) is 5.91 Å². The SMILES string of the molecule is CC(C)(C)[C@@H]1CCc2c(sc3nc(CCC(=O)N4CCN(c5ccc(Cl)cc5)CC4)[nH]c(=O)c23)C1. The number of H-pyrrole nitrogens is 1. The lowest BCUT2D eigenvalue weighted by Crippen LogP contribution is -2.48. The fourth-order valence-corrected chi connectivity index (χ4v) is 6.78. The first-order valence-corrected chi connectivity index (χ1v) is 13.7. The number of aromatic amines is 1. The normalized spacial score (nSPS) is 18.7. The number of rotatable bonds is 4. The molecule has 0 unspecified atom stereocenters. The van der Waals surface area contributed by atoms with E-state index in [1.54, 1.807) is 11.3 Å². The quantitative estimate of drug-likeness (QED) is 0.530. The zero-order valence-electron chi connectivity index (χ0n) is 20.7. The molecule has 1 amide bonds. The van der Waals surface area contributed by atoms with Crippen molar-refractivity contribution in [2.24, 2.45) is 11.3 Å². The van der Waals surface area contributed by atoms with Crippen molar-refractivity contribution in [2.45, 2.75) is 52.9 Å². The molecule has 3 aromatic rings. The Bertz CT molecular complexity index is 1280. The Labute approximate surface area is 215 Å². The van der Waals surface area contributed by atoms with Crippen LogP contribution in [-0.2, 0) is 24.1 Å². The number of amides is 1. The number of carbonyl (C=O) groups excluding carboxylic acids is 1. The first kappa shape index (κ1) is 24.3. The van der Waals surface area contributed by atoms with Crippen molar-refractivity contribution < 1.29 is 4.79 Å². The Hall–Kier alpha value is -2.38. The minimum absolute atomic E-state index is 0.0549. The molecule has 1 aliphatic heterocycles. The number of anilines is 1. The van der Waals surface area contributed by atoms with Crippen LogP contribution in [0.1, 0.15) is 49.9 Å². The number of piperazine rings is 1. The van der Waals surface area contributed by atoms with E-state index in [-0.39, 0.29) is 16.9 Å². The minimum Gasteiger partial charge on any atom is -0.368 e. The second kappa shape index (κ2) is 9.58. The number of hydrogen-bond donors (Lipinski definition) is 1. The fourth-order valence-electron chi connectivity index (χ4n) is 5.34. The van der Waals surface area contributed by atoms with Crippen LogP contribution < -0.4 is 10.5 Å². The maximum atomic E-state index is 13.0. The van der Waals surface area contributed by atoms with Crippen molar-refractivity contribution in [3.8, 4) is 0 Å². The van der Waals surface area contributed by atoms with Crippen molar-refractivity contribution in [1.29, 1.82) is 0 Å². The molecule has 2 aliphatic rings. The molecule has 0 saturated carbocycles. The highest BCUT2D eigenvalue weighted by molar-refractivity contribution is 7.18. The van der Waals surface area contributed by atoms with Gasteiger partial charge in [0.05, 0.1) is 5.39 Å². The molecule has 186 valence electrons. The molecular weight excluding hydrogens is 480 g/mol. The lowest BCUT2D eigenvalue weighted by Gasteiger charge is -2.36. The highest BCUT2D eigenvalue weighted by Crippen LogP contribution is 2.42. The number of nitrogens with one attached hydrogen (secondary N) is 1. The van der Waals surface area contributed by atoms with Crippen LogP contribution >= 0.6 is 22.9 Å². The van der Waals surface area contributed by atoms with Crippen LogP contribution in [0, 0.1) is 11.3 Å². The molecule has 5 rings (SSSR count). The van der Waals surface area contributed by atoms with E-state index < -0.39 is 0 Å². The summed E-state index contributed by atoms with van der Waals surface area (Å²) in [6, 6.07) is 7.82. The van der Waals surface area contributed by atoms with Crippen LogP contribution in [0.4, 0.5) is 5.69 Å². The summed E-state index contributed by atoms with van der Waals surface area (Å²) in [6.07, 6.45) is 3.89. The molecule has 8 heteroatoms. The molecule has 0 bridgehead atoms. The Morgan fingerprint density at radius 3 is 2.57 bits per heavy atom. The van der Waals surface area contributed by atoms with Crippen molar-refractivity contribution >= 4 is 44.7 Å². The molecular formula is C27H33ClN4O2S. The predicted octanol–water partition coefficient (Wildman–Crippen LogP) is 5.07. The molecule has 0 spiro atoms. The van der Waals surface area contributed by atoms with E-state index in [0.717, 1.165) is 53.3 Å². The van der Waals surface area contributed by atoms with Gasteiger partial charge in [-0.15, -0.1) is 11.3 Å². The molecule has 2 aromatic heterocycles. The summed E-state index contributed by atoms with van der Waals surface area (Å²) in [4.78, 5) is 39.9. The molecule has 1 aliphatic carbocycles. The van der Waals surface area contributed by atoms with Gasteiger partial charge in [0, 0.05) is 54.6 Å². The van der Waals surface area contributed by atoms with Gasteiger partial charge >= 0.3 is 0 Å². The summed E-state index contributed by atoms with van der Waals surface area (Å²) >= 11 is 7.66. The van der Waals surface area contributed by atoms with Gasteiger partial charge in [-0.3, -0.25) is 9.59 Å². The lowest BCUT2D eigenvalue weighted by atomic mass is 9.72. The number of fused-ring (bicyclic) bond motifs is 3. The van der Waals surface area contributed by atoms with Gasteiger partial charge in [-0.2, -0.15) is 0 Å². The third-order valence-electron chi connectivity index (χ3n) is 7.59. The number of aromatic nitrogens is 2. The topological polar surface area (TPSA) is 69.3 Å². The predicted molar refractivity (Wildman–Crippen MR) is 144 cm³/mol. The number of hydrogen-bond acceptors (Lipinski definition) is 5. The summed E-state index contributed by atoms with van der Waals surface area (Å²) in [5.74, 6) is 1.35. The number of aryl methyl sites for hydroxylation is 2. The third-order valence-corrected chi connectivity index (χ3v) is 8.99. The van der Waals surface area contributed by atoms with Gasteiger partial charge < -0.3 is 14.8 Å². The highest BCUT2D eigenvalue weighted by Gasteiger charge is 2.31. The Kier molecular flexibility index (Phi) is 6.66. The van der Waals surface area contributed by atoms with Crippen LogP contribution in [0.15, 0.2) is 29.1 Å². The highest BCUT2D eigenvalue weighted by atomic mass is 35.5. The minimum atomic E-state index is -0.0549. The second-order valence-corrected chi connectivity index (χ2v) is 12.4. The van der Waals surface area contributed by atoms with E-state index in [0.29, 0.717) is 37.7 Å². The number of nitrogens with zero attached hydrogens (tertiary/aromatic N) is 3. The Balaban J connectivity index is 1.21. The van der Waals surface area contributed by atoms with Gasteiger partial charge in [-0.05, 0) is 60.4 Å². The summed E-state index contributed by atoms with van der Waals surface area (Å²) in [5.41, 5.74) is 2.53. The van der Waals surface area contributed by atoms with E-state index in [1.807, 2.05) is 29.2 Å². The van der Waals surface area contributed by atoms with Crippen LogP contribution in [0.2, 0.25) is 5.02 Å². The molecule has 1 saturated heterocycles. The van der Waals surface area contributed by atoms with Gasteiger partial charge in [0.15, 0.2) is 0 Å². The maximum Gasteiger partial charge on any atom is 0.259 e. The van der Waals surface area contributed by atoms with Crippen molar-refractivity contribution in [1.82, 2.24) is 14.9 Å². The van der Waals surface area contributed by atoms with Crippen molar-refractivity contribution in [2.75, 3.05) is 31.1 Å². The molecule has 3 heterocycles. The zero-order chi connectivity index (χ0) is 24.7. The zero-order valence-corrected chi connectivity index (χ0v) is 22.3. The van der Waals surface area contributed by atoms with Gasteiger partial charge in [-0.1, -0.05) is 32.4 Å². The van der Waals surface area contributed by atoms with E-state index in [1.165, 1.54) is 10.4 Å². The smallest absolute Gasteiger partial charge is 0.259 e. The maximum absolute atomic E-state index is 13.0. The number of thiophene rings is 1. The van der Waals surface area contributed by atoms with Gasteiger partial charge in [-0.25, -0.2) is 4.98 Å². The third kappa shape index (κ3) is 5.12. The van der Waals surface area contributed by atoms with E-state index in [2.05, 4.69) is 30.7 Å². The monoisotopic (exact) mass is 512 g/mol. The van der Waals surface area contributed by atoms with Crippen LogP contribution in [-0.4, -0.2) is 47.0 Å². The summed E-state index contributed by atoms with van der Waals surface area (Å²) in [6.45, 7) is 9.87. The van der Waals surface area contributed by atoms with Gasteiger partial charge in [0.25, 0.3) is 5.56 Å². The average Bonchev–Trinajstić information content (AvgIpc) is 3.21. The average molecular weight is 513 g/mol.